The average Bonchev–Trinajstić information content (AvgIpc) is 2.97. The van der Waals surface area contributed by atoms with Crippen LogP contribution in [0.4, 0.5) is 0 Å². The van der Waals surface area contributed by atoms with Gasteiger partial charge in [0.2, 0.25) is 5.91 Å². The van der Waals surface area contributed by atoms with Crippen LogP contribution in [0, 0.1) is 0 Å². The molecule has 3 rings (SSSR count). The summed E-state index contributed by atoms with van der Waals surface area (Å²) in [5.41, 5.74) is 3.39. The van der Waals surface area contributed by atoms with Crippen LogP contribution in [0.15, 0.2) is 30.6 Å². The number of aromatic carboxylic acids is 1. The van der Waals surface area contributed by atoms with Gasteiger partial charge in [0.1, 0.15) is 0 Å². The Kier molecular flexibility index (Phi) is 4.14. The molecule has 1 aliphatic rings. The minimum absolute atomic E-state index is 0.0974. The van der Waals surface area contributed by atoms with Crippen molar-refractivity contribution in [2.75, 3.05) is 6.54 Å². The second kappa shape index (κ2) is 6.24. The van der Waals surface area contributed by atoms with Gasteiger partial charge in [-0.15, -0.1) is 0 Å². The van der Waals surface area contributed by atoms with Crippen LogP contribution in [0.2, 0.25) is 0 Å². The molecule has 0 radical (unpaired) electrons. The highest BCUT2D eigenvalue weighted by Gasteiger charge is 2.21. The van der Waals surface area contributed by atoms with Crippen LogP contribution < -0.4 is 0 Å². The molecular formula is C17H19N3O3. The molecule has 1 aromatic heterocycles. The van der Waals surface area contributed by atoms with Gasteiger partial charge in [0.25, 0.3) is 0 Å². The topological polar surface area (TPSA) is 75.4 Å². The molecule has 0 fully saturated rings. The summed E-state index contributed by atoms with van der Waals surface area (Å²) in [5.74, 6) is -0.840. The van der Waals surface area contributed by atoms with Gasteiger partial charge in [-0.2, -0.15) is 5.10 Å². The van der Waals surface area contributed by atoms with Crippen molar-refractivity contribution in [1.29, 1.82) is 0 Å². The molecule has 23 heavy (non-hydrogen) atoms. The Morgan fingerprint density at radius 1 is 1.30 bits per heavy atom. The highest BCUT2D eigenvalue weighted by Crippen LogP contribution is 2.21. The van der Waals surface area contributed by atoms with Gasteiger partial charge in [0.15, 0.2) is 0 Å². The molecule has 120 valence electrons. The van der Waals surface area contributed by atoms with Crippen molar-refractivity contribution in [1.82, 2.24) is 14.7 Å². The highest BCUT2D eigenvalue weighted by molar-refractivity contribution is 5.88. The SMILES string of the molecule is Cn1cc(CCC(=O)N2CCc3ccc(C(=O)O)cc3C2)cn1. The molecule has 1 aliphatic heterocycles. The van der Waals surface area contributed by atoms with Gasteiger partial charge in [0, 0.05) is 32.8 Å². The highest BCUT2D eigenvalue weighted by atomic mass is 16.4. The number of carbonyl (C=O) groups excluding carboxylic acids is 1. The van der Waals surface area contributed by atoms with Crippen LogP contribution in [-0.4, -0.2) is 38.2 Å². The third-order valence-electron chi connectivity index (χ3n) is 4.20. The predicted octanol–water partition coefficient (Wildman–Crippen LogP) is 1.64. The summed E-state index contributed by atoms with van der Waals surface area (Å²) in [6.45, 7) is 1.17. The van der Waals surface area contributed by atoms with Gasteiger partial charge in [-0.1, -0.05) is 6.07 Å². The van der Waals surface area contributed by atoms with Crippen molar-refractivity contribution in [3.05, 3.63) is 52.8 Å². The Morgan fingerprint density at radius 3 is 2.83 bits per heavy atom. The van der Waals surface area contributed by atoms with Crippen molar-refractivity contribution < 1.29 is 14.7 Å². The van der Waals surface area contributed by atoms with Crippen molar-refractivity contribution in [2.24, 2.45) is 7.05 Å². The summed E-state index contributed by atoms with van der Waals surface area (Å²) in [6, 6.07) is 5.16. The van der Waals surface area contributed by atoms with E-state index in [4.69, 9.17) is 5.11 Å². The lowest BCUT2D eigenvalue weighted by molar-refractivity contribution is -0.132. The smallest absolute Gasteiger partial charge is 0.335 e. The van der Waals surface area contributed by atoms with Gasteiger partial charge in [0.05, 0.1) is 11.8 Å². The summed E-state index contributed by atoms with van der Waals surface area (Å²) >= 11 is 0. The largest absolute Gasteiger partial charge is 0.478 e. The van der Waals surface area contributed by atoms with Gasteiger partial charge >= 0.3 is 5.97 Å². The van der Waals surface area contributed by atoms with E-state index in [2.05, 4.69) is 5.10 Å². The maximum Gasteiger partial charge on any atom is 0.335 e. The summed E-state index contributed by atoms with van der Waals surface area (Å²) in [4.78, 5) is 25.3. The second-order valence-electron chi connectivity index (χ2n) is 5.88. The number of carboxylic acid groups (broad SMARTS) is 1. The minimum atomic E-state index is -0.937. The summed E-state index contributed by atoms with van der Waals surface area (Å²) in [6.07, 6.45) is 5.58. The number of aryl methyl sites for hydroxylation is 2. The number of nitrogens with zero attached hydrogens (tertiary/aromatic N) is 3. The fraction of sp³-hybridized carbons (Fsp3) is 0.353. The van der Waals surface area contributed by atoms with Crippen molar-refractivity contribution in [2.45, 2.75) is 25.8 Å². The molecule has 2 heterocycles. The lowest BCUT2D eigenvalue weighted by atomic mass is 9.97. The van der Waals surface area contributed by atoms with Gasteiger partial charge < -0.3 is 10.0 Å². The summed E-state index contributed by atoms with van der Waals surface area (Å²) < 4.78 is 1.73. The van der Waals surface area contributed by atoms with E-state index >= 15 is 0 Å². The van der Waals surface area contributed by atoms with Crippen LogP contribution >= 0.6 is 0 Å². The zero-order valence-electron chi connectivity index (χ0n) is 13.0. The van der Waals surface area contributed by atoms with Crippen LogP contribution in [0.5, 0.6) is 0 Å². The van der Waals surface area contributed by atoms with Crippen molar-refractivity contribution in [3.8, 4) is 0 Å². The first kappa shape index (κ1) is 15.3. The molecule has 2 aromatic rings. The molecule has 0 atom stereocenters. The van der Waals surface area contributed by atoms with Crippen LogP contribution in [0.1, 0.15) is 33.5 Å². The number of benzene rings is 1. The number of amides is 1. The van der Waals surface area contributed by atoms with E-state index in [1.54, 1.807) is 23.0 Å². The fourth-order valence-corrected chi connectivity index (χ4v) is 2.91. The number of hydrogen-bond donors (Lipinski definition) is 1. The van der Waals surface area contributed by atoms with Gasteiger partial charge in [-0.05, 0) is 41.7 Å². The maximum atomic E-state index is 12.4. The first-order valence-electron chi connectivity index (χ1n) is 7.63. The normalized spacial score (nSPS) is 13.7. The maximum absolute atomic E-state index is 12.4. The molecule has 1 aromatic carbocycles. The molecule has 0 saturated carbocycles. The second-order valence-corrected chi connectivity index (χ2v) is 5.88. The third kappa shape index (κ3) is 3.41. The summed E-state index contributed by atoms with van der Waals surface area (Å²) in [5, 5.41) is 13.2. The Balaban J connectivity index is 1.64. The van der Waals surface area contributed by atoms with Crippen LogP contribution in [0.3, 0.4) is 0 Å². The van der Waals surface area contributed by atoms with Crippen molar-refractivity contribution >= 4 is 11.9 Å². The van der Waals surface area contributed by atoms with Crippen molar-refractivity contribution in [3.63, 3.8) is 0 Å². The molecule has 1 N–H and O–H groups in total. The lowest BCUT2D eigenvalue weighted by Gasteiger charge is -2.29. The number of rotatable bonds is 4. The number of carbonyl (C=O) groups is 2. The van der Waals surface area contributed by atoms with E-state index in [1.165, 1.54) is 0 Å². The van der Waals surface area contributed by atoms with E-state index in [0.29, 0.717) is 25.9 Å². The molecule has 6 heteroatoms. The standard InChI is InChI=1S/C17H19N3O3/c1-19-10-12(9-18-19)2-5-16(21)20-7-6-13-3-4-14(17(22)23)8-15(13)11-20/h3-4,8-10H,2,5-7,11H2,1H3,(H,22,23). The quantitative estimate of drug-likeness (QED) is 0.931. The lowest BCUT2D eigenvalue weighted by Crippen LogP contribution is -2.36. The Morgan fingerprint density at radius 2 is 2.13 bits per heavy atom. The third-order valence-corrected chi connectivity index (χ3v) is 4.20. The van der Waals surface area contributed by atoms with Gasteiger partial charge in [-0.3, -0.25) is 9.48 Å². The first-order valence-corrected chi connectivity index (χ1v) is 7.63. The number of carboxylic acids is 1. The molecular weight excluding hydrogens is 294 g/mol. The molecule has 0 unspecified atom stereocenters. The molecule has 0 spiro atoms. The molecule has 0 aliphatic carbocycles. The van der Waals surface area contributed by atoms with Crippen LogP contribution in [0.25, 0.3) is 0 Å². The Hall–Kier alpha value is -2.63. The van der Waals surface area contributed by atoms with E-state index in [0.717, 1.165) is 23.1 Å². The average molecular weight is 313 g/mol. The Bertz CT molecular complexity index is 751. The first-order chi connectivity index (χ1) is 11.0. The zero-order valence-corrected chi connectivity index (χ0v) is 13.0. The Labute approximate surface area is 134 Å². The van der Waals surface area contributed by atoms with E-state index < -0.39 is 5.97 Å². The van der Waals surface area contributed by atoms with E-state index in [-0.39, 0.29) is 11.5 Å². The molecule has 0 saturated heterocycles. The number of hydrogen-bond acceptors (Lipinski definition) is 3. The molecule has 0 bridgehead atoms. The van der Waals surface area contributed by atoms with Gasteiger partial charge in [-0.25, -0.2) is 4.79 Å². The zero-order chi connectivity index (χ0) is 16.4. The van der Waals surface area contributed by atoms with E-state index in [1.807, 2.05) is 24.2 Å². The van der Waals surface area contributed by atoms with E-state index in [9.17, 15) is 9.59 Å². The monoisotopic (exact) mass is 313 g/mol. The number of fused-ring (bicyclic) bond motifs is 1. The summed E-state index contributed by atoms with van der Waals surface area (Å²) in [7, 11) is 1.85. The fourth-order valence-electron chi connectivity index (χ4n) is 2.91. The minimum Gasteiger partial charge on any atom is -0.478 e. The number of aromatic nitrogens is 2. The van der Waals surface area contributed by atoms with Crippen LogP contribution in [-0.2, 0) is 31.2 Å². The molecule has 1 amide bonds. The predicted molar refractivity (Wildman–Crippen MR) is 84.1 cm³/mol. The molecule has 6 nitrogen and oxygen atoms in total.